The van der Waals surface area contributed by atoms with Crippen LogP contribution in [0.1, 0.15) is 29.7 Å². The summed E-state index contributed by atoms with van der Waals surface area (Å²) in [6, 6.07) is 11.4. The summed E-state index contributed by atoms with van der Waals surface area (Å²) in [5.74, 6) is -0.0409. The van der Waals surface area contributed by atoms with Gasteiger partial charge in [0.15, 0.2) is 0 Å². The minimum absolute atomic E-state index is 0.243. The van der Waals surface area contributed by atoms with Gasteiger partial charge in [0.05, 0.1) is 5.57 Å². The molecule has 1 amide bonds. The second-order valence-corrected chi connectivity index (χ2v) is 6.92. The molecular weight excluding hydrogens is 357 g/mol. The number of aromatic nitrogens is 3. The Kier molecular flexibility index (Phi) is 4.43. The first-order valence-corrected chi connectivity index (χ1v) is 8.95. The van der Waals surface area contributed by atoms with Gasteiger partial charge in [0, 0.05) is 11.4 Å². The Bertz CT molecular complexity index is 1080. The van der Waals surface area contributed by atoms with Crippen LogP contribution in [0.15, 0.2) is 60.1 Å². The Hall–Kier alpha value is -3.48. The fourth-order valence-electron chi connectivity index (χ4n) is 3.48. The molecule has 6 nitrogen and oxygen atoms in total. The van der Waals surface area contributed by atoms with E-state index >= 15 is 0 Å². The van der Waals surface area contributed by atoms with Crippen molar-refractivity contribution in [2.75, 3.05) is 10.6 Å². The van der Waals surface area contributed by atoms with Crippen molar-refractivity contribution in [2.45, 2.75) is 26.8 Å². The van der Waals surface area contributed by atoms with Gasteiger partial charge in [-0.2, -0.15) is 10.1 Å². The fraction of sp³-hybridized carbons (Fsp3) is 0.190. The first-order valence-electron chi connectivity index (χ1n) is 8.95. The molecule has 0 saturated carbocycles. The topological polar surface area (TPSA) is 71.8 Å². The van der Waals surface area contributed by atoms with E-state index in [2.05, 4.69) is 20.7 Å². The summed E-state index contributed by atoms with van der Waals surface area (Å²) in [5, 5.41) is 10.4. The number of nitrogens with one attached hydrogen (secondary N) is 2. The van der Waals surface area contributed by atoms with Gasteiger partial charge < -0.3 is 10.6 Å². The number of benzene rings is 2. The highest BCUT2D eigenvalue weighted by atomic mass is 19.1. The van der Waals surface area contributed by atoms with E-state index in [1.54, 1.807) is 16.8 Å². The van der Waals surface area contributed by atoms with Crippen molar-refractivity contribution < 1.29 is 9.18 Å². The summed E-state index contributed by atoms with van der Waals surface area (Å²) in [4.78, 5) is 17.5. The Labute approximate surface area is 162 Å². The predicted molar refractivity (Wildman–Crippen MR) is 105 cm³/mol. The average Bonchev–Trinajstić information content (AvgIpc) is 3.11. The molecule has 0 spiro atoms. The van der Waals surface area contributed by atoms with E-state index < -0.39 is 6.04 Å². The number of amides is 1. The fourth-order valence-corrected chi connectivity index (χ4v) is 3.48. The number of aryl methyl sites for hydroxylation is 2. The quantitative estimate of drug-likeness (QED) is 0.725. The zero-order chi connectivity index (χ0) is 19.8. The molecule has 2 heterocycles. The predicted octanol–water partition coefficient (Wildman–Crippen LogP) is 3.96. The maximum absolute atomic E-state index is 13.4. The molecule has 28 heavy (non-hydrogen) atoms. The second-order valence-electron chi connectivity index (χ2n) is 6.92. The molecule has 0 radical (unpaired) electrons. The molecule has 0 fully saturated rings. The van der Waals surface area contributed by atoms with Crippen LogP contribution in [0, 0.1) is 19.7 Å². The van der Waals surface area contributed by atoms with E-state index in [0.29, 0.717) is 17.2 Å². The van der Waals surface area contributed by atoms with Gasteiger partial charge in [-0.25, -0.2) is 9.07 Å². The van der Waals surface area contributed by atoms with Crippen LogP contribution in [-0.4, -0.2) is 20.7 Å². The molecule has 0 unspecified atom stereocenters. The Morgan fingerprint density at radius 3 is 2.61 bits per heavy atom. The lowest BCUT2D eigenvalue weighted by Gasteiger charge is -2.29. The van der Waals surface area contributed by atoms with Crippen LogP contribution in [-0.2, 0) is 4.79 Å². The number of fused-ring (bicyclic) bond motifs is 1. The molecule has 1 aromatic heterocycles. The molecule has 4 rings (SSSR count). The molecule has 0 bridgehead atoms. The minimum Gasteiger partial charge on any atom is -0.328 e. The molecule has 7 heteroatoms. The summed E-state index contributed by atoms with van der Waals surface area (Å²) >= 11 is 0. The third kappa shape index (κ3) is 3.15. The summed E-state index contributed by atoms with van der Waals surface area (Å²) < 4.78 is 15.1. The number of hydrogen-bond acceptors (Lipinski definition) is 4. The molecule has 3 aromatic rings. The number of hydrogen-bond donors (Lipinski definition) is 2. The van der Waals surface area contributed by atoms with Crippen molar-refractivity contribution in [3.05, 3.63) is 82.6 Å². The van der Waals surface area contributed by atoms with E-state index in [-0.39, 0.29) is 11.7 Å². The smallest absolute Gasteiger partial charge is 0.255 e. The van der Waals surface area contributed by atoms with Gasteiger partial charge in [0.25, 0.3) is 5.91 Å². The molecule has 1 atom stereocenters. The van der Waals surface area contributed by atoms with E-state index in [1.807, 2.05) is 39.0 Å². The average molecular weight is 377 g/mol. The molecular formula is C21H20FN5O. The Morgan fingerprint density at radius 2 is 1.89 bits per heavy atom. The van der Waals surface area contributed by atoms with Crippen LogP contribution in [0.5, 0.6) is 0 Å². The lowest BCUT2D eigenvalue weighted by Crippen LogP contribution is -2.31. The highest BCUT2D eigenvalue weighted by Crippen LogP contribution is 2.35. The minimum atomic E-state index is -0.509. The van der Waals surface area contributed by atoms with E-state index in [0.717, 1.165) is 22.4 Å². The van der Waals surface area contributed by atoms with Gasteiger partial charge in [-0.05, 0) is 50.1 Å². The highest BCUT2D eigenvalue weighted by Gasteiger charge is 2.33. The second kappa shape index (κ2) is 6.92. The molecule has 0 saturated heterocycles. The number of allylic oxidation sites excluding steroid dienone is 1. The Balaban J connectivity index is 1.76. The molecule has 1 aliphatic rings. The van der Waals surface area contributed by atoms with Crippen molar-refractivity contribution in [2.24, 2.45) is 0 Å². The van der Waals surface area contributed by atoms with Crippen molar-refractivity contribution in [3.8, 4) is 0 Å². The van der Waals surface area contributed by atoms with E-state index in [1.165, 1.54) is 18.5 Å². The SMILES string of the molecule is CC1=C(C(=O)Nc2ccc(C)cc2C)[C@H](c2ccc(F)cc2)n2ncnc2N1. The van der Waals surface area contributed by atoms with Crippen molar-refractivity contribution in [3.63, 3.8) is 0 Å². The van der Waals surface area contributed by atoms with Crippen LogP contribution in [0.3, 0.4) is 0 Å². The monoisotopic (exact) mass is 377 g/mol. The first-order chi connectivity index (χ1) is 13.4. The number of rotatable bonds is 3. The third-order valence-corrected chi connectivity index (χ3v) is 4.85. The van der Waals surface area contributed by atoms with Crippen LogP contribution in [0.25, 0.3) is 0 Å². The summed E-state index contributed by atoms with van der Waals surface area (Å²) in [6.45, 7) is 5.79. The van der Waals surface area contributed by atoms with Crippen LogP contribution >= 0.6 is 0 Å². The highest BCUT2D eigenvalue weighted by molar-refractivity contribution is 6.06. The molecule has 0 aliphatic carbocycles. The molecule has 2 aromatic carbocycles. The van der Waals surface area contributed by atoms with E-state index in [9.17, 15) is 9.18 Å². The lowest BCUT2D eigenvalue weighted by molar-refractivity contribution is -0.113. The van der Waals surface area contributed by atoms with Crippen molar-refractivity contribution in [1.29, 1.82) is 0 Å². The Morgan fingerprint density at radius 1 is 1.14 bits per heavy atom. The van der Waals surface area contributed by atoms with Gasteiger partial charge in [0.1, 0.15) is 18.2 Å². The summed E-state index contributed by atoms with van der Waals surface area (Å²) in [6.07, 6.45) is 1.43. The summed E-state index contributed by atoms with van der Waals surface area (Å²) in [7, 11) is 0. The summed E-state index contributed by atoms with van der Waals surface area (Å²) in [5.41, 5.74) is 4.79. The van der Waals surface area contributed by atoms with Gasteiger partial charge in [-0.15, -0.1) is 0 Å². The maximum Gasteiger partial charge on any atom is 0.255 e. The van der Waals surface area contributed by atoms with E-state index in [4.69, 9.17) is 0 Å². The van der Waals surface area contributed by atoms with Gasteiger partial charge in [0.2, 0.25) is 5.95 Å². The van der Waals surface area contributed by atoms with Crippen molar-refractivity contribution in [1.82, 2.24) is 14.8 Å². The molecule has 2 N–H and O–H groups in total. The largest absolute Gasteiger partial charge is 0.328 e. The van der Waals surface area contributed by atoms with Gasteiger partial charge in [-0.1, -0.05) is 29.8 Å². The number of halogens is 1. The van der Waals surface area contributed by atoms with Crippen LogP contribution < -0.4 is 10.6 Å². The number of nitrogens with zero attached hydrogens (tertiary/aromatic N) is 3. The normalized spacial score (nSPS) is 15.8. The standard InChI is InChI=1S/C21H20FN5O/c1-12-4-9-17(13(2)10-12)26-20(28)18-14(3)25-21-23-11-24-27(21)19(18)15-5-7-16(22)8-6-15/h4-11,19H,1-3H3,(H,26,28)(H,23,24,25)/t19-/m0/s1. The van der Waals surface area contributed by atoms with Gasteiger partial charge in [-0.3, -0.25) is 4.79 Å². The molecule has 1 aliphatic heterocycles. The zero-order valence-electron chi connectivity index (χ0n) is 15.8. The number of carbonyl (C=O) groups is 1. The number of carbonyl (C=O) groups excluding carboxylic acids is 1. The third-order valence-electron chi connectivity index (χ3n) is 4.85. The first kappa shape index (κ1) is 17.9. The lowest BCUT2D eigenvalue weighted by atomic mass is 9.95. The zero-order valence-corrected chi connectivity index (χ0v) is 15.8. The van der Waals surface area contributed by atoms with Crippen LogP contribution in [0.4, 0.5) is 16.0 Å². The van der Waals surface area contributed by atoms with Crippen molar-refractivity contribution >= 4 is 17.5 Å². The maximum atomic E-state index is 13.4. The van der Waals surface area contributed by atoms with Gasteiger partial charge >= 0.3 is 0 Å². The molecule has 142 valence electrons. The van der Waals surface area contributed by atoms with Crippen LogP contribution in [0.2, 0.25) is 0 Å². The number of anilines is 2.